The number of aliphatic carboxylic acids is 1. The molecular formula is C7H7N5O4. The predicted octanol–water partition coefficient (Wildman–Crippen LogP) is -0.569. The summed E-state index contributed by atoms with van der Waals surface area (Å²) in [7, 11) is 0. The van der Waals surface area contributed by atoms with Crippen LogP contribution in [0.4, 0.5) is 0 Å². The van der Waals surface area contributed by atoms with Crippen molar-refractivity contribution >= 4 is 5.97 Å². The second-order valence-corrected chi connectivity index (χ2v) is 2.82. The highest BCUT2D eigenvalue weighted by molar-refractivity contribution is 5.66. The summed E-state index contributed by atoms with van der Waals surface area (Å²) in [5, 5.41) is 11.6. The number of carbonyl (C=O) groups is 1. The molecule has 1 aromatic heterocycles. The van der Waals surface area contributed by atoms with Crippen LogP contribution in [0.25, 0.3) is 10.4 Å². The first-order valence-corrected chi connectivity index (χ1v) is 4.10. The fourth-order valence-corrected chi connectivity index (χ4v) is 1.04. The molecule has 9 heteroatoms. The summed E-state index contributed by atoms with van der Waals surface area (Å²) in [5.41, 5.74) is 6.58. The molecule has 1 heterocycles. The first kappa shape index (κ1) is 11.5. The van der Waals surface area contributed by atoms with Gasteiger partial charge in [0.05, 0.1) is 6.54 Å². The normalized spacial score (nSPS) is 9.50. The fraction of sp³-hybridized carbons (Fsp3) is 0.286. The molecule has 0 aliphatic carbocycles. The van der Waals surface area contributed by atoms with Gasteiger partial charge < -0.3 is 5.11 Å². The Balaban J connectivity index is 3.20. The van der Waals surface area contributed by atoms with Gasteiger partial charge in [-0.15, -0.1) is 0 Å². The van der Waals surface area contributed by atoms with Gasteiger partial charge in [0.1, 0.15) is 6.54 Å². The molecule has 0 saturated heterocycles. The van der Waals surface area contributed by atoms with Crippen molar-refractivity contribution in [3.05, 3.63) is 43.0 Å². The summed E-state index contributed by atoms with van der Waals surface area (Å²) in [6, 6.07) is 0. The average Bonchev–Trinajstić information content (AvgIpc) is 2.20. The lowest BCUT2D eigenvalue weighted by molar-refractivity contribution is -0.137. The molecule has 0 aromatic carbocycles. The summed E-state index contributed by atoms with van der Waals surface area (Å²) in [4.78, 5) is 37.1. The molecule has 0 aliphatic heterocycles. The number of hydrogen-bond donors (Lipinski definition) is 2. The maximum atomic E-state index is 11.2. The van der Waals surface area contributed by atoms with Crippen molar-refractivity contribution in [3.8, 4) is 0 Å². The number of azide groups is 1. The number of aromatic nitrogens is 2. The second-order valence-electron chi connectivity index (χ2n) is 2.82. The van der Waals surface area contributed by atoms with E-state index in [1.807, 2.05) is 4.98 Å². The summed E-state index contributed by atoms with van der Waals surface area (Å²) in [5.74, 6) is -1.22. The summed E-state index contributed by atoms with van der Waals surface area (Å²) in [6.07, 6.45) is 1.06. The quantitative estimate of drug-likeness (QED) is 0.402. The van der Waals surface area contributed by atoms with E-state index in [-0.39, 0.29) is 12.1 Å². The standard InChI is InChI=1S/C7H7N5O4/c8-11-9-1-4-2-12(3-5(13)14)7(16)10-6(4)15/h2H,1,3H2,(H,13,14)(H,10,15,16). The molecule has 0 fully saturated rings. The minimum absolute atomic E-state index is 0.0265. The van der Waals surface area contributed by atoms with E-state index in [1.165, 1.54) is 0 Å². The van der Waals surface area contributed by atoms with Crippen LogP contribution in [0, 0.1) is 0 Å². The highest BCUT2D eigenvalue weighted by atomic mass is 16.4. The molecule has 0 atom stereocenters. The van der Waals surface area contributed by atoms with Crippen molar-refractivity contribution in [1.29, 1.82) is 0 Å². The SMILES string of the molecule is [N-]=[N+]=NCc1cn(CC(=O)O)c(=O)[nH]c1=O. The average molecular weight is 225 g/mol. The lowest BCUT2D eigenvalue weighted by atomic mass is 10.3. The number of H-pyrrole nitrogens is 1. The molecule has 0 spiro atoms. The van der Waals surface area contributed by atoms with Gasteiger partial charge in [0.2, 0.25) is 0 Å². The van der Waals surface area contributed by atoms with E-state index < -0.39 is 23.8 Å². The minimum Gasteiger partial charge on any atom is -0.480 e. The van der Waals surface area contributed by atoms with E-state index in [0.717, 1.165) is 10.8 Å². The van der Waals surface area contributed by atoms with Gasteiger partial charge in [-0.3, -0.25) is 19.1 Å². The minimum atomic E-state index is -1.22. The van der Waals surface area contributed by atoms with Gasteiger partial charge in [0.15, 0.2) is 0 Å². The first-order valence-electron chi connectivity index (χ1n) is 4.10. The first-order chi connectivity index (χ1) is 7.54. The number of aromatic amines is 1. The molecular weight excluding hydrogens is 218 g/mol. The molecule has 84 valence electrons. The van der Waals surface area contributed by atoms with Gasteiger partial charge >= 0.3 is 11.7 Å². The largest absolute Gasteiger partial charge is 0.480 e. The number of nitrogens with zero attached hydrogens (tertiary/aromatic N) is 4. The molecule has 0 aliphatic rings. The van der Waals surface area contributed by atoms with Crippen LogP contribution in [0.3, 0.4) is 0 Å². The zero-order valence-corrected chi connectivity index (χ0v) is 7.95. The Morgan fingerprint density at radius 1 is 1.62 bits per heavy atom. The Morgan fingerprint density at radius 3 is 2.88 bits per heavy atom. The highest BCUT2D eigenvalue weighted by Crippen LogP contribution is 1.91. The third kappa shape index (κ3) is 2.72. The van der Waals surface area contributed by atoms with Crippen molar-refractivity contribution in [1.82, 2.24) is 9.55 Å². The fourth-order valence-electron chi connectivity index (χ4n) is 1.04. The molecule has 2 N–H and O–H groups in total. The summed E-state index contributed by atoms with van der Waals surface area (Å²) in [6.45, 7) is -0.815. The van der Waals surface area contributed by atoms with Crippen molar-refractivity contribution < 1.29 is 9.90 Å². The number of carboxylic acids is 1. The molecule has 1 rings (SSSR count). The van der Waals surface area contributed by atoms with Crippen molar-refractivity contribution in [2.75, 3.05) is 0 Å². The molecule has 9 nitrogen and oxygen atoms in total. The smallest absolute Gasteiger partial charge is 0.328 e. The van der Waals surface area contributed by atoms with Gasteiger partial charge in [-0.2, -0.15) is 0 Å². The lowest BCUT2D eigenvalue weighted by Crippen LogP contribution is -2.33. The number of carboxylic acid groups (broad SMARTS) is 1. The maximum absolute atomic E-state index is 11.2. The van der Waals surface area contributed by atoms with E-state index in [1.54, 1.807) is 0 Å². The Bertz CT molecular complexity index is 532. The zero-order chi connectivity index (χ0) is 12.1. The lowest BCUT2D eigenvalue weighted by Gasteiger charge is -2.02. The Hall–Kier alpha value is -2.54. The molecule has 1 aromatic rings. The van der Waals surface area contributed by atoms with Gasteiger partial charge in [-0.1, -0.05) is 5.11 Å². The number of rotatable bonds is 4. The van der Waals surface area contributed by atoms with Crippen LogP contribution in [-0.4, -0.2) is 20.6 Å². The Labute approximate surface area is 87.6 Å². The second kappa shape index (κ2) is 4.80. The van der Waals surface area contributed by atoms with Crippen LogP contribution < -0.4 is 11.2 Å². The van der Waals surface area contributed by atoms with E-state index in [0.29, 0.717) is 0 Å². The molecule has 16 heavy (non-hydrogen) atoms. The Kier molecular flexibility index (Phi) is 3.46. The van der Waals surface area contributed by atoms with Crippen molar-refractivity contribution in [2.45, 2.75) is 13.1 Å². The zero-order valence-electron chi connectivity index (χ0n) is 7.95. The third-order valence-corrected chi connectivity index (χ3v) is 1.69. The predicted molar refractivity (Wildman–Crippen MR) is 51.8 cm³/mol. The molecule has 0 unspecified atom stereocenters. The monoisotopic (exact) mass is 225 g/mol. The summed E-state index contributed by atoms with van der Waals surface area (Å²) >= 11 is 0. The molecule has 0 saturated carbocycles. The van der Waals surface area contributed by atoms with Crippen LogP contribution in [-0.2, 0) is 17.9 Å². The number of nitrogens with one attached hydrogen (secondary N) is 1. The van der Waals surface area contributed by atoms with Crippen LogP contribution in [0.15, 0.2) is 20.9 Å². The third-order valence-electron chi connectivity index (χ3n) is 1.69. The van der Waals surface area contributed by atoms with Crippen LogP contribution in [0.1, 0.15) is 5.56 Å². The van der Waals surface area contributed by atoms with Gasteiger partial charge in [0, 0.05) is 16.7 Å². The van der Waals surface area contributed by atoms with E-state index >= 15 is 0 Å². The molecule has 0 amide bonds. The topological polar surface area (TPSA) is 141 Å². The molecule has 0 radical (unpaired) electrons. The number of hydrogen-bond acceptors (Lipinski definition) is 4. The summed E-state index contributed by atoms with van der Waals surface area (Å²) < 4.78 is 0.811. The van der Waals surface area contributed by atoms with Crippen molar-refractivity contribution in [2.24, 2.45) is 5.11 Å². The van der Waals surface area contributed by atoms with Gasteiger partial charge in [0.25, 0.3) is 5.56 Å². The van der Waals surface area contributed by atoms with E-state index in [2.05, 4.69) is 10.0 Å². The highest BCUT2D eigenvalue weighted by Gasteiger charge is 2.06. The van der Waals surface area contributed by atoms with Gasteiger partial charge in [-0.05, 0) is 5.53 Å². The van der Waals surface area contributed by atoms with Crippen LogP contribution in [0.2, 0.25) is 0 Å². The molecule has 0 bridgehead atoms. The van der Waals surface area contributed by atoms with Gasteiger partial charge in [-0.25, -0.2) is 4.79 Å². The van der Waals surface area contributed by atoms with E-state index in [9.17, 15) is 14.4 Å². The van der Waals surface area contributed by atoms with E-state index in [4.69, 9.17) is 10.6 Å². The van der Waals surface area contributed by atoms with Crippen LogP contribution >= 0.6 is 0 Å². The van der Waals surface area contributed by atoms with Crippen molar-refractivity contribution in [3.63, 3.8) is 0 Å². The Morgan fingerprint density at radius 2 is 2.31 bits per heavy atom. The van der Waals surface area contributed by atoms with Crippen LogP contribution in [0.5, 0.6) is 0 Å². The maximum Gasteiger partial charge on any atom is 0.328 e.